The van der Waals surface area contributed by atoms with Crippen LogP contribution in [0.5, 0.6) is 0 Å². The molecule has 0 bridgehead atoms. The van der Waals surface area contributed by atoms with Gasteiger partial charge in [-0.3, -0.25) is 4.79 Å². The number of carbonyl (C=O) groups is 1. The zero-order valence-electron chi connectivity index (χ0n) is 12.9. The standard InChI is InChI=1S/C18H18Cl2N2O/c1-13-3-2-4-14(11-13)18(23)22-9-7-21(8-10-22)15-5-6-16(19)17(20)12-15/h2-6,11-12H,7-10H2,1H3. The van der Waals surface area contributed by atoms with Crippen molar-refractivity contribution in [2.45, 2.75) is 6.92 Å². The molecule has 0 radical (unpaired) electrons. The Morgan fingerprint density at radius 2 is 1.70 bits per heavy atom. The molecule has 0 aliphatic carbocycles. The number of hydrogen-bond acceptors (Lipinski definition) is 2. The van der Waals surface area contributed by atoms with Crippen LogP contribution in [0.4, 0.5) is 5.69 Å². The lowest BCUT2D eigenvalue weighted by atomic mass is 10.1. The van der Waals surface area contributed by atoms with Crippen molar-refractivity contribution in [1.29, 1.82) is 0 Å². The molecule has 0 aromatic heterocycles. The van der Waals surface area contributed by atoms with Gasteiger partial charge in [-0.2, -0.15) is 0 Å². The third kappa shape index (κ3) is 3.62. The van der Waals surface area contributed by atoms with Crippen LogP contribution in [0.2, 0.25) is 10.0 Å². The Morgan fingerprint density at radius 1 is 0.957 bits per heavy atom. The molecule has 0 unspecified atom stereocenters. The SMILES string of the molecule is Cc1cccc(C(=O)N2CCN(c3ccc(Cl)c(Cl)c3)CC2)c1. The largest absolute Gasteiger partial charge is 0.368 e. The lowest BCUT2D eigenvalue weighted by Gasteiger charge is -2.36. The number of anilines is 1. The molecule has 2 aromatic rings. The molecule has 3 nitrogen and oxygen atoms in total. The predicted molar refractivity (Wildman–Crippen MR) is 95.8 cm³/mol. The molecule has 1 aliphatic rings. The molecule has 0 N–H and O–H groups in total. The van der Waals surface area contributed by atoms with Gasteiger partial charge in [-0.25, -0.2) is 0 Å². The molecule has 0 saturated carbocycles. The second-order valence-electron chi connectivity index (χ2n) is 5.75. The summed E-state index contributed by atoms with van der Waals surface area (Å²) in [5, 5.41) is 1.12. The Hall–Kier alpha value is -1.71. The molecule has 3 rings (SSSR count). The number of amides is 1. The summed E-state index contributed by atoms with van der Waals surface area (Å²) in [5.74, 6) is 0.0995. The molecule has 1 heterocycles. The molecular weight excluding hydrogens is 331 g/mol. The van der Waals surface area contributed by atoms with Gasteiger partial charge in [0.15, 0.2) is 0 Å². The summed E-state index contributed by atoms with van der Waals surface area (Å²) in [7, 11) is 0. The van der Waals surface area contributed by atoms with Crippen molar-refractivity contribution in [2.75, 3.05) is 31.1 Å². The fourth-order valence-corrected chi connectivity index (χ4v) is 3.10. The van der Waals surface area contributed by atoms with Crippen molar-refractivity contribution in [1.82, 2.24) is 4.90 Å². The summed E-state index contributed by atoms with van der Waals surface area (Å²) < 4.78 is 0. The van der Waals surface area contributed by atoms with Gasteiger partial charge in [-0.15, -0.1) is 0 Å². The summed E-state index contributed by atoms with van der Waals surface area (Å²) in [4.78, 5) is 16.7. The minimum absolute atomic E-state index is 0.0995. The zero-order valence-corrected chi connectivity index (χ0v) is 14.4. The molecule has 2 aromatic carbocycles. The van der Waals surface area contributed by atoms with Crippen LogP contribution in [0.15, 0.2) is 42.5 Å². The topological polar surface area (TPSA) is 23.6 Å². The highest BCUT2D eigenvalue weighted by Gasteiger charge is 2.22. The van der Waals surface area contributed by atoms with Crippen LogP contribution in [-0.4, -0.2) is 37.0 Å². The lowest BCUT2D eigenvalue weighted by molar-refractivity contribution is 0.0746. The van der Waals surface area contributed by atoms with Gasteiger partial charge in [0, 0.05) is 37.4 Å². The number of aryl methyl sites for hydroxylation is 1. The number of rotatable bonds is 2. The molecule has 1 fully saturated rings. The van der Waals surface area contributed by atoms with E-state index in [4.69, 9.17) is 23.2 Å². The highest BCUT2D eigenvalue weighted by atomic mass is 35.5. The molecule has 1 amide bonds. The normalized spacial score (nSPS) is 14.9. The number of halogens is 2. The minimum Gasteiger partial charge on any atom is -0.368 e. The first-order valence-corrected chi connectivity index (χ1v) is 8.36. The third-order valence-electron chi connectivity index (χ3n) is 4.10. The van der Waals surface area contributed by atoms with E-state index in [9.17, 15) is 4.79 Å². The van der Waals surface area contributed by atoms with E-state index in [-0.39, 0.29) is 5.91 Å². The Labute approximate surface area is 146 Å². The maximum atomic E-state index is 12.6. The van der Waals surface area contributed by atoms with Crippen LogP contribution in [0.3, 0.4) is 0 Å². The first kappa shape index (κ1) is 16.2. The molecule has 23 heavy (non-hydrogen) atoms. The molecule has 120 valence electrons. The summed E-state index contributed by atoms with van der Waals surface area (Å²) in [6, 6.07) is 13.4. The number of carbonyl (C=O) groups excluding carboxylic acids is 1. The van der Waals surface area contributed by atoms with Gasteiger partial charge in [0.25, 0.3) is 5.91 Å². The quantitative estimate of drug-likeness (QED) is 0.809. The smallest absolute Gasteiger partial charge is 0.253 e. The van der Waals surface area contributed by atoms with Crippen molar-refractivity contribution in [3.05, 3.63) is 63.6 Å². The van der Waals surface area contributed by atoms with Crippen LogP contribution in [0, 0.1) is 6.92 Å². The van der Waals surface area contributed by atoms with Crippen LogP contribution >= 0.6 is 23.2 Å². The van der Waals surface area contributed by atoms with Crippen molar-refractivity contribution < 1.29 is 4.79 Å². The first-order valence-electron chi connectivity index (χ1n) is 7.60. The molecule has 0 atom stereocenters. The average Bonchev–Trinajstić information content (AvgIpc) is 2.57. The van der Waals surface area contributed by atoms with E-state index < -0.39 is 0 Å². The summed E-state index contributed by atoms with van der Waals surface area (Å²) >= 11 is 12.0. The van der Waals surface area contributed by atoms with Gasteiger partial charge in [0.05, 0.1) is 10.0 Å². The van der Waals surface area contributed by atoms with Crippen LogP contribution in [0.25, 0.3) is 0 Å². The minimum atomic E-state index is 0.0995. The summed E-state index contributed by atoms with van der Waals surface area (Å²) in [5.41, 5.74) is 2.90. The fraction of sp³-hybridized carbons (Fsp3) is 0.278. The third-order valence-corrected chi connectivity index (χ3v) is 4.84. The lowest BCUT2D eigenvalue weighted by Crippen LogP contribution is -2.48. The van der Waals surface area contributed by atoms with E-state index >= 15 is 0 Å². The highest BCUT2D eigenvalue weighted by Crippen LogP contribution is 2.27. The maximum absolute atomic E-state index is 12.6. The number of piperazine rings is 1. The molecular formula is C18H18Cl2N2O. The van der Waals surface area contributed by atoms with Gasteiger partial charge in [-0.1, -0.05) is 40.9 Å². The Kier molecular flexibility index (Phi) is 4.79. The van der Waals surface area contributed by atoms with E-state index in [2.05, 4.69) is 4.90 Å². The average molecular weight is 349 g/mol. The maximum Gasteiger partial charge on any atom is 0.253 e. The monoisotopic (exact) mass is 348 g/mol. The van der Waals surface area contributed by atoms with E-state index in [1.54, 1.807) is 0 Å². The van der Waals surface area contributed by atoms with E-state index in [0.717, 1.165) is 29.9 Å². The second-order valence-corrected chi connectivity index (χ2v) is 6.56. The van der Waals surface area contributed by atoms with E-state index in [1.807, 2.05) is 54.3 Å². The highest BCUT2D eigenvalue weighted by molar-refractivity contribution is 6.42. The first-order chi connectivity index (χ1) is 11.0. The van der Waals surface area contributed by atoms with Crippen molar-refractivity contribution in [3.8, 4) is 0 Å². The van der Waals surface area contributed by atoms with Crippen molar-refractivity contribution >= 4 is 34.8 Å². The Bertz CT molecular complexity index is 725. The van der Waals surface area contributed by atoms with Crippen LogP contribution < -0.4 is 4.90 Å². The second kappa shape index (κ2) is 6.81. The summed E-state index contributed by atoms with van der Waals surface area (Å²) in [6.45, 7) is 4.98. The van der Waals surface area contributed by atoms with Gasteiger partial charge >= 0.3 is 0 Å². The van der Waals surface area contributed by atoms with Crippen LogP contribution in [-0.2, 0) is 0 Å². The molecule has 1 aliphatic heterocycles. The molecule has 5 heteroatoms. The van der Waals surface area contributed by atoms with E-state index in [1.165, 1.54) is 0 Å². The van der Waals surface area contributed by atoms with Gasteiger partial charge in [0.1, 0.15) is 0 Å². The predicted octanol–water partition coefficient (Wildman–Crippen LogP) is 4.26. The van der Waals surface area contributed by atoms with Gasteiger partial charge in [-0.05, 0) is 37.3 Å². The molecule has 0 spiro atoms. The molecule has 1 saturated heterocycles. The summed E-state index contributed by atoms with van der Waals surface area (Å²) in [6.07, 6.45) is 0. The Balaban J connectivity index is 1.66. The van der Waals surface area contributed by atoms with Crippen LogP contribution in [0.1, 0.15) is 15.9 Å². The zero-order chi connectivity index (χ0) is 16.4. The van der Waals surface area contributed by atoms with Crippen molar-refractivity contribution in [3.63, 3.8) is 0 Å². The number of benzene rings is 2. The number of hydrogen-bond donors (Lipinski definition) is 0. The van der Waals surface area contributed by atoms with Gasteiger partial charge in [0.2, 0.25) is 0 Å². The van der Waals surface area contributed by atoms with Crippen molar-refractivity contribution in [2.24, 2.45) is 0 Å². The fourth-order valence-electron chi connectivity index (χ4n) is 2.81. The van der Waals surface area contributed by atoms with Gasteiger partial charge < -0.3 is 9.80 Å². The van der Waals surface area contributed by atoms with E-state index in [0.29, 0.717) is 23.1 Å². The Morgan fingerprint density at radius 3 is 2.35 bits per heavy atom. The number of nitrogens with zero attached hydrogens (tertiary/aromatic N) is 2.